The Bertz CT molecular complexity index is 1090. The first-order valence-corrected chi connectivity index (χ1v) is 13.0. The van der Waals surface area contributed by atoms with Crippen molar-refractivity contribution in [1.82, 2.24) is 10.2 Å². The van der Waals surface area contributed by atoms with E-state index in [4.69, 9.17) is 4.74 Å². The van der Waals surface area contributed by atoms with Crippen molar-refractivity contribution >= 4 is 23.6 Å². The van der Waals surface area contributed by atoms with Gasteiger partial charge in [-0.15, -0.1) is 0 Å². The second-order valence-electron chi connectivity index (χ2n) is 10.7. The molecule has 3 unspecified atom stereocenters. The molecule has 0 heterocycles. The van der Waals surface area contributed by atoms with E-state index in [1.807, 2.05) is 84.0 Å². The molecule has 0 aliphatic rings. The minimum absolute atomic E-state index is 0.172. The molecule has 202 valence electrons. The van der Waals surface area contributed by atoms with Gasteiger partial charge in [-0.3, -0.25) is 9.59 Å². The Kier molecular flexibility index (Phi) is 10.3. The lowest BCUT2D eigenvalue weighted by Gasteiger charge is -2.35. The van der Waals surface area contributed by atoms with Crippen molar-refractivity contribution in [2.45, 2.75) is 86.4 Å². The highest BCUT2D eigenvalue weighted by Gasteiger charge is 2.37. The van der Waals surface area contributed by atoms with Crippen LogP contribution in [-0.4, -0.2) is 41.0 Å². The van der Waals surface area contributed by atoms with Crippen LogP contribution in [0.1, 0.15) is 76.3 Å². The summed E-state index contributed by atoms with van der Waals surface area (Å²) in [6, 6.07) is 11.7. The molecule has 3 atom stereocenters. The zero-order valence-corrected chi connectivity index (χ0v) is 23.8. The number of likely N-dealkylation sites (N-methyl/N-ethyl adjacent to an activating group) is 1. The number of rotatable bonds is 9. The molecule has 0 aromatic heterocycles. The second-order valence-corrected chi connectivity index (χ2v) is 10.7. The van der Waals surface area contributed by atoms with Crippen LogP contribution in [-0.2, 0) is 14.3 Å². The van der Waals surface area contributed by atoms with Gasteiger partial charge in [0.05, 0.1) is 0 Å². The molecule has 0 aliphatic heterocycles. The summed E-state index contributed by atoms with van der Waals surface area (Å²) >= 11 is 0. The van der Waals surface area contributed by atoms with Crippen LogP contribution in [0.25, 0.3) is 0 Å². The Morgan fingerprint density at radius 3 is 2.08 bits per heavy atom. The molecule has 0 bridgehead atoms. The standard InChI is InChI=1S/C30H43N3O4/c1-10-20(4)25(32-29(36)37-30(7,8)9)28(35)33(11-2)26(23-17-12-14-19(3)18-23)27(34)31-24-21(5)15-13-16-22(24)6/h12-18,20,25-26H,10-11H2,1-9H3,(H,31,34)(H,32,36). The van der Waals surface area contributed by atoms with Crippen LogP contribution < -0.4 is 10.6 Å². The van der Waals surface area contributed by atoms with Crippen molar-refractivity contribution < 1.29 is 19.1 Å². The van der Waals surface area contributed by atoms with Gasteiger partial charge in [-0.1, -0.05) is 68.3 Å². The first-order valence-electron chi connectivity index (χ1n) is 13.0. The molecule has 0 radical (unpaired) electrons. The third-order valence-corrected chi connectivity index (χ3v) is 6.42. The van der Waals surface area contributed by atoms with Gasteiger partial charge in [0.25, 0.3) is 5.91 Å². The SMILES string of the molecule is CCC(C)C(NC(=O)OC(C)(C)C)C(=O)N(CC)C(C(=O)Nc1c(C)cccc1C)c1cccc(C)c1. The van der Waals surface area contributed by atoms with Gasteiger partial charge in [-0.05, 0) is 71.1 Å². The van der Waals surface area contributed by atoms with Crippen LogP contribution in [0.2, 0.25) is 0 Å². The molecule has 0 saturated carbocycles. The largest absolute Gasteiger partial charge is 0.444 e. The number of ether oxygens (including phenoxy) is 1. The molecule has 0 saturated heterocycles. The monoisotopic (exact) mass is 509 g/mol. The Labute approximate surface area is 222 Å². The number of carbonyl (C=O) groups excluding carboxylic acids is 3. The number of nitrogens with zero attached hydrogens (tertiary/aromatic N) is 1. The molecule has 37 heavy (non-hydrogen) atoms. The molecule has 2 aromatic carbocycles. The fourth-order valence-electron chi connectivity index (χ4n) is 4.28. The maximum atomic E-state index is 14.0. The third kappa shape index (κ3) is 8.07. The maximum absolute atomic E-state index is 14.0. The summed E-state index contributed by atoms with van der Waals surface area (Å²) in [7, 11) is 0. The van der Waals surface area contributed by atoms with E-state index in [2.05, 4.69) is 10.6 Å². The van der Waals surface area contributed by atoms with E-state index in [0.717, 1.165) is 22.4 Å². The Hall–Kier alpha value is -3.35. The zero-order chi connectivity index (χ0) is 27.9. The van der Waals surface area contributed by atoms with Gasteiger partial charge in [0.15, 0.2) is 0 Å². The number of hydrogen-bond donors (Lipinski definition) is 2. The first kappa shape index (κ1) is 29.9. The number of amides is 3. The summed E-state index contributed by atoms with van der Waals surface area (Å²) in [6.07, 6.45) is 0.00213. The summed E-state index contributed by atoms with van der Waals surface area (Å²) in [5.41, 5.74) is 3.60. The Balaban J connectivity index is 2.51. The third-order valence-electron chi connectivity index (χ3n) is 6.42. The van der Waals surface area contributed by atoms with E-state index >= 15 is 0 Å². The van der Waals surface area contributed by atoms with Crippen molar-refractivity contribution in [2.24, 2.45) is 5.92 Å². The Morgan fingerprint density at radius 1 is 0.973 bits per heavy atom. The fourth-order valence-corrected chi connectivity index (χ4v) is 4.28. The normalized spacial score (nSPS) is 13.8. The fraction of sp³-hybridized carbons (Fsp3) is 0.500. The molecule has 2 aromatic rings. The number of hydrogen-bond acceptors (Lipinski definition) is 4. The van der Waals surface area contributed by atoms with Gasteiger partial charge in [-0.25, -0.2) is 4.79 Å². The van der Waals surface area contributed by atoms with Crippen LogP contribution >= 0.6 is 0 Å². The molecule has 7 nitrogen and oxygen atoms in total. The Morgan fingerprint density at radius 2 is 1.57 bits per heavy atom. The van der Waals surface area contributed by atoms with Crippen molar-refractivity contribution in [2.75, 3.05) is 11.9 Å². The van der Waals surface area contributed by atoms with Crippen LogP contribution in [0, 0.1) is 26.7 Å². The van der Waals surface area contributed by atoms with Crippen LogP contribution in [0.4, 0.5) is 10.5 Å². The lowest BCUT2D eigenvalue weighted by Crippen LogP contribution is -2.54. The minimum atomic E-state index is -0.886. The van der Waals surface area contributed by atoms with E-state index in [9.17, 15) is 14.4 Å². The summed E-state index contributed by atoms with van der Waals surface area (Å²) in [5.74, 6) is -0.807. The molecule has 7 heteroatoms. The molecule has 0 spiro atoms. The van der Waals surface area contributed by atoms with E-state index in [0.29, 0.717) is 12.0 Å². The van der Waals surface area contributed by atoms with Crippen LogP contribution in [0.5, 0.6) is 0 Å². The summed E-state index contributed by atoms with van der Waals surface area (Å²) in [4.78, 5) is 42.1. The van der Waals surface area contributed by atoms with E-state index < -0.39 is 23.8 Å². The summed E-state index contributed by atoms with van der Waals surface area (Å²) in [6.45, 7) is 17.1. The van der Waals surface area contributed by atoms with Crippen molar-refractivity contribution in [3.05, 3.63) is 64.7 Å². The molecular weight excluding hydrogens is 466 g/mol. The van der Waals surface area contributed by atoms with Gasteiger partial charge in [0.1, 0.15) is 17.7 Å². The summed E-state index contributed by atoms with van der Waals surface area (Å²) in [5, 5.41) is 5.85. The quantitative estimate of drug-likeness (QED) is 0.429. The number of nitrogens with one attached hydrogen (secondary N) is 2. The van der Waals surface area contributed by atoms with Gasteiger partial charge < -0.3 is 20.3 Å². The first-order chi connectivity index (χ1) is 17.3. The molecule has 2 rings (SSSR count). The predicted octanol–water partition coefficient (Wildman–Crippen LogP) is 6.08. The second kappa shape index (κ2) is 12.7. The highest BCUT2D eigenvalue weighted by atomic mass is 16.6. The molecule has 0 aliphatic carbocycles. The molecular formula is C30H43N3O4. The number of aryl methyl sites for hydroxylation is 3. The van der Waals surface area contributed by atoms with Gasteiger partial charge in [-0.2, -0.15) is 0 Å². The number of alkyl carbamates (subject to hydrolysis) is 1. The average Bonchev–Trinajstić information content (AvgIpc) is 2.81. The topological polar surface area (TPSA) is 87.7 Å². The number of anilines is 1. The number of carbonyl (C=O) groups is 3. The number of benzene rings is 2. The molecule has 0 fully saturated rings. The number of para-hydroxylation sites is 1. The van der Waals surface area contributed by atoms with Crippen molar-refractivity contribution in [1.29, 1.82) is 0 Å². The van der Waals surface area contributed by atoms with E-state index in [1.54, 1.807) is 25.7 Å². The van der Waals surface area contributed by atoms with Gasteiger partial charge in [0, 0.05) is 12.2 Å². The van der Waals surface area contributed by atoms with Crippen LogP contribution in [0.15, 0.2) is 42.5 Å². The molecule has 2 N–H and O–H groups in total. The van der Waals surface area contributed by atoms with E-state index in [-0.39, 0.29) is 24.3 Å². The lowest BCUT2D eigenvalue weighted by atomic mass is 9.95. The van der Waals surface area contributed by atoms with Crippen LogP contribution in [0.3, 0.4) is 0 Å². The molecule has 3 amide bonds. The van der Waals surface area contributed by atoms with E-state index in [1.165, 1.54) is 0 Å². The lowest BCUT2D eigenvalue weighted by molar-refractivity contribution is -0.141. The van der Waals surface area contributed by atoms with Gasteiger partial charge in [0.2, 0.25) is 5.91 Å². The maximum Gasteiger partial charge on any atom is 0.408 e. The highest BCUT2D eigenvalue weighted by Crippen LogP contribution is 2.28. The highest BCUT2D eigenvalue weighted by molar-refractivity contribution is 6.00. The average molecular weight is 510 g/mol. The zero-order valence-electron chi connectivity index (χ0n) is 23.8. The van der Waals surface area contributed by atoms with Crippen molar-refractivity contribution in [3.63, 3.8) is 0 Å². The smallest absolute Gasteiger partial charge is 0.408 e. The van der Waals surface area contributed by atoms with Crippen molar-refractivity contribution in [3.8, 4) is 0 Å². The van der Waals surface area contributed by atoms with Gasteiger partial charge >= 0.3 is 6.09 Å². The minimum Gasteiger partial charge on any atom is -0.444 e. The predicted molar refractivity (Wildman–Crippen MR) is 148 cm³/mol. The summed E-state index contributed by atoms with van der Waals surface area (Å²) < 4.78 is 5.44.